The second kappa shape index (κ2) is 10.7. The molecule has 23 heavy (non-hydrogen) atoms. The molecule has 0 bridgehead atoms. The minimum absolute atomic E-state index is 0.131. The van der Waals surface area contributed by atoms with Gasteiger partial charge in [-0.15, -0.1) is 0 Å². The van der Waals surface area contributed by atoms with Crippen LogP contribution in [0.1, 0.15) is 43.0 Å². The number of carbonyl (C=O) groups is 2. The van der Waals surface area contributed by atoms with Gasteiger partial charge in [0.15, 0.2) is 5.11 Å². The molecule has 0 aliphatic heterocycles. The van der Waals surface area contributed by atoms with Crippen LogP contribution in [0.25, 0.3) is 0 Å². The lowest BCUT2D eigenvalue weighted by Crippen LogP contribution is -2.35. The number of unbranched alkanes of at least 4 members (excludes halogenated alkanes) is 2. The van der Waals surface area contributed by atoms with Crippen molar-refractivity contribution in [1.82, 2.24) is 10.6 Å². The Morgan fingerprint density at radius 3 is 2.65 bits per heavy atom. The third kappa shape index (κ3) is 7.21. The quantitative estimate of drug-likeness (QED) is 0.429. The van der Waals surface area contributed by atoms with E-state index < -0.39 is 0 Å². The number of anilines is 1. The first-order chi connectivity index (χ1) is 11.1. The van der Waals surface area contributed by atoms with Crippen molar-refractivity contribution in [2.45, 2.75) is 32.6 Å². The zero-order chi connectivity index (χ0) is 17.1. The monoisotopic (exact) mass is 337 g/mol. The van der Waals surface area contributed by atoms with Crippen LogP contribution in [0.15, 0.2) is 24.3 Å². The largest absolute Gasteiger partial charge is 0.395 e. The summed E-state index contributed by atoms with van der Waals surface area (Å²) >= 11 is 5.11. The zero-order valence-electron chi connectivity index (χ0n) is 13.2. The van der Waals surface area contributed by atoms with Crippen molar-refractivity contribution in [1.29, 1.82) is 0 Å². The summed E-state index contributed by atoms with van der Waals surface area (Å²) in [6.07, 6.45) is 3.30. The fourth-order valence-corrected chi connectivity index (χ4v) is 2.16. The highest BCUT2D eigenvalue weighted by Gasteiger charge is 2.12. The highest BCUT2D eigenvalue weighted by atomic mass is 32.1. The first-order valence-corrected chi connectivity index (χ1v) is 8.08. The molecule has 1 aromatic rings. The molecule has 6 nitrogen and oxygen atoms in total. The Labute approximate surface area is 141 Å². The van der Waals surface area contributed by atoms with Crippen LogP contribution >= 0.6 is 12.2 Å². The number of aliphatic hydroxyl groups excluding tert-OH is 1. The van der Waals surface area contributed by atoms with E-state index in [-0.39, 0.29) is 30.1 Å². The van der Waals surface area contributed by atoms with Gasteiger partial charge in [-0.1, -0.05) is 31.9 Å². The summed E-state index contributed by atoms with van der Waals surface area (Å²) in [6.45, 7) is 2.11. The molecule has 0 unspecified atom stereocenters. The van der Waals surface area contributed by atoms with Gasteiger partial charge in [-0.3, -0.25) is 9.59 Å². The fourth-order valence-electron chi connectivity index (χ4n) is 1.93. The molecule has 0 radical (unpaired) electrons. The van der Waals surface area contributed by atoms with E-state index in [4.69, 9.17) is 17.3 Å². The molecular weight excluding hydrogens is 314 g/mol. The van der Waals surface area contributed by atoms with Crippen LogP contribution < -0.4 is 16.0 Å². The Morgan fingerprint density at radius 1 is 1.22 bits per heavy atom. The SMILES string of the molecule is CCCCCC(=O)NC(=S)Nc1ccccc1C(=O)NCCO. The first-order valence-electron chi connectivity index (χ1n) is 7.67. The number of benzene rings is 1. The molecule has 2 amide bonds. The van der Waals surface area contributed by atoms with Gasteiger partial charge in [0.1, 0.15) is 0 Å². The highest BCUT2D eigenvalue weighted by Crippen LogP contribution is 2.14. The predicted octanol–water partition coefficient (Wildman–Crippen LogP) is 1.80. The fraction of sp³-hybridized carbons (Fsp3) is 0.438. The lowest BCUT2D eigenvalue weighted by Gasteiger charge is -2.13. The summed E-state index contributed by atoms with van der Waals surface area (Å²) in [5.41, 5.74) is 0.894. The number of amides is 2. The third-order valence-electron chi connectivity index (χ3n) is 3.08. The van der Waals surface area contributed by atoms with Crippen LogP contribution in [0.5, 0.6) is 0 Å². The Morgan fingerprint density at radius 2 is 1.96 bits per heavy atom. The van der Waals surface area contributed by atoms with Gasteiger partial charge in [-0.25, -0.2) is 0 Å². The Kier molecular flexibility index (Phi) is 8.86. The highest BCUT2D eigenvalue weighted by molar-refractivity contribution is 7.80. The molecule has 4 N–H and O–H groups in total. The van der Waals surface area contributed by atoms with Crippen molar-refractivity contribution in [3.8, 4) is 0 Å². The average molecular weight is 337 g/mol. The van der Waals surface area contributed by atoms with Gasteiger partial charge in [0, 0.05) is 13.0 Å². The van der Waals surface area contributed by atoms with Gasteiger partial charge in [0.05, 0.1) is 17.9 Å². The molecule has 126 valence electrons. The van der Waals surface area contributed by atoms with Gasteiger partial charge in [-0.05, 0) is 30.8 Å². The van der Waals surface area contributed by atoms with Gasteiger partial charge in [0.2, 0.25) is 5.91 Å². The van der Waals surface area contributed by atoms with Gasteiger partial charge in [-0.2, -0.15) is 0 Å². The maximum atomic E-state index is 12.0. The van der Waals surface area contributed by atoms with Gasteiger partial charge < -0.3 is 21.1 Å². The standard InChI is InChI=1S/C16H23N3O3S/c1-2-3-4-9-14(21)19-16(23)18-13-8-6-5-7-12(13)15(22)17-10-11-20/h5-8,20H,2-4,9-11H2,1H3,(H,17,22)(H2,18,19,21,23). The Bertz CT molecular complexity index is 549. The van der Waals surface area contributed by atoms with E-state index in [1.807, 2.05) is 0 Å². The molecule has 0 spiro atoms. The normalized spacial score (nSPS) is 10.0. The molecule has 0 aliphatic carbocycles. The average Bonchev–Trinajstić information content (AvgIpc) is 2.53. The number of nitrogens with one attached hydrogen (secondary N) is 3. The third-order valence-corrected chi connectivity index (χ3v) is 3.28. The van der Waals surface area contributed by atoms with E-state index in [9.17, 15) is 9.59 Å². The van der Waals surface area contributed by atoms with E-state index >= 15 is 0 Å². The smallest absolute Gasteiger partial charge is 0.253 e. The van der Waals surface area contributed by atoms with Crippen molar-refractivity contribution in [3.05, 3.63) is 29.8 Å². The molecular formula is C16H23N3O3S. The lowest BCUT2D eigenvalue weighted by atomic mass is 10.1. The van der Waals surface area contributed by atoms with E-state index in [1.54, 1.807) is 24.3 Å². The molecule has 7 heteroatoms. The zero-order valence-corrected chi connectivity index (χ0v) is 14.0. The summed E-state index contributed by atoms with van der Waals surface area (Å²) in [4.78, 5) is 23.7. The van der Waals surface area contributed by atoms with E-state index in [0.717, 1.165) is 19.3 Å². The number of rotatable bonds is 8. The summed E-state index contributed by atoms with van der Waals surface area (Å²) in [7, 11) is 0. The molecule has 0 saturated carbocycles. The molecule has 0 fully saturated rings. The second-order valence-corrected chi connectivity index (χ2v) is 5.39. The molecule has 0 atom stereocenters. The Balaban J connectivity index is 2.61. The molecule has 1 aromatic carbocycles. The number of para-hydroxylation sites is 1. The number of thiocarbonyl (C=S) groups is 1. The van der Waals surface area contributed by atoms with Crippen LogP contribution in [-0.2, 0) is 4.79 Å². The van der Waals surface area contributed by atoms with E-state index in [0.29, 0.717) is 17.7 Å². The molecule has 0 heterocycles. The topological polar surface area (TPSA) is 90.5 Å². The van der Waals surface area contributed by atoms with E-state index in [2.05, 4.69) is 22.9 Å². The van der Waals surface area contributed by atoms with Crippen LogP contribution in [0.3, 0.4) is 0 Å². The minimum atomic E-state index is -0.320. The van der Waals surface area contributed by atoms with Crippen molar-refractivity contribution in [2.75, 3.05) is 18.5 Å². The van der Waals surface area contributed by atoms with Crippen molar-refractivity contribution >= 4 is 34.8 Å². The summed E-state index contributed by atoms with van der Waals surface area (Å²) in [6, 6.07) is 6.83. The van der Waals surface area contributed by atoms with E-state index in [1.165, 1.54) is 0 Å². The van der Waals surface area contributed by atoms with Crippen LogP contribution in [-0.4, -0.2) is 35.2 Å². The molecule has 0 saturated heterocycles. The van der Waals surface area contributed by atoms with Crippen LogP contribution in [0.2, 0.25) is 0 Å². The van der Waals surface area contributed by atoms with Gasteiger partial charge >= 0.3 is 0 Å². The number of hydrogen-bond acceptors (Lipinski definition) is 4. The number of aliphatic hydroxyl groups is 1. The summed E-state index contributed by atoms with van der Waals surface area (Å²) in [5, 5.41) is 17.0. The summed E-state index contributed by atoms with van der Waals surface area (Å²) < 4.78 is 0. The first kappa shape index (κ1) is 19.1. The minimum Gasteiger partial charge on any atom is -0.395 e. The maximum Gasteiger partial charge on any atom is 0.253 e. The Hall–Kier alpha value is -1.99. The number of hydrogen-bond donors (Lipinski definition) is 4. The lowest BCUT2D eigenvalue weighted by molar-refractivity contribution is -0.119. The molecule has 0 aliphatic rings. The maximum absolute atomic E-state index is 12.0. The van der Waals surface area contributed by atoms with Crippen molar-refractivity contribution < 1.29 is 14.7 Å². The number of carbonyl (C=O) groups excluding carboxylic acids is 2. The second-order valence-electron chi connectivity index (χ2n) is 4.98. The van der Waals surface area contributed by atoms with Crippen LogP contribution in [0, 0.1) is 0 Å². The van der Waals surface area contributed by atoms with Crippen molar-refractivity contribution in [3.63, 3.8) is 0 Å². The predicted molar refractivity (Wildman–Crippen MR) is 94.4 cm³/mol. The van der Waals surface area contributed by atoms with Gasteiger partial charge in [0.25, 0.3) is 5.91 Å². The summed E-state index contributed by atoms with van der Waals surface area (Å²) in [5.74, 6) is -0.461. The molecule has 1 rings (SSSR count). The van der Waals surface area contributed by atoms with Crippen molar-refractivity contribution in [2.24, 2.45) is 0 Å². The van der Waals surface area contributed by atoms with Crippen LogP contribution in [0.4, 0.5) is 5.69 Å². The molecule has 0 aromatic heterocycles.